The minimum absolute atomic E-state index is 0.0325. The van der Waals surface area contributed by atoms with E-state index in [1.165, 1.54) is 4.90 Å². The van der Waals surface area contributed by atoms with Crippen LogP contribution in [0, 0.1) is 6.92 Å². The summed E-state index contributed by atoms with van der Waals surface area (Å²) >= 11 is 0. The van der Waals surface area contributed by atoms with Gasteiger partial charge in [-0.3, -0.25) is 9.59 Å². The molecule has 0 unspecified atom stereocenters. The zero-order valence-corrected chi connectivity index (χ0v) is 13.8. The Morgan fingerprint density at radius 1 is 1.30 bits per heavy atom. The zero-order chi connectivity index (χ0) is 16.8. The van der Waals surface area contributed by atoms with Crippen LogP contribution in [0.1, 0.15) is 22.5 Å². The molecule has 0 atom stereocenters. The molecular weight excluding hydrogens is 294 g/mol. The number of aryl methyl sites for hydroxylation is 1. The monoisotopic (exact) mass is 317 g/mol. The molecule has 2 amide bonds. The van der Waals surface area contributed by atoms with Crippen LogP contribution in [-0.4, -0.2) is 55.6 Å². The molecule has 0 fully saturated rings. The second kappa shape index (κ2) is 7.78. The maximum atomic E-state index is 12.7. The van der Waals surface area contributed by atoms with Gasteiger partial charge in [0.1, 0.15) is 0 Å². The molecule has 0 aliphatic heterocycles. The van der Waals surface area contributed by atoms with E-state index < -0.39 is 0 Å². The molecule has 1 heterocycles. The summed E-state index contributed by atoms with van der Waals surface area (Å²) in [5.41, 5.74) is 2.35. The lowest BCUT2D eigenvalue weighted by Gasteiger charge is -2.17. The Labute approximate surface area is 135 Å². The van der Waals surface area contributed by atoms with Crippen LogP contribution in [0.4, 0.5) is 0 Å². The van der Waals surface area contributed by atoms with Crippen molar-refractivity contribution in [3.05, 3.63) is 35.5 Å². The summed E-state index contributed by atoms with van der Waals surface area (Å²) in [5.74, 6) is -0.332. The molecule has 2 aromatic rings. The number of nitrogens with zero attached hydrogens (tertiary/aromatic N) is 1. The molecule has 0 radical (unpaired) electrons. The molecule has 0 aliphatic carbocycles. The fraction of sp³-hybridized carbons (Fsp3) is 0.412. The fourth-order valence-electron chi connectivity index (χ4n) is 2.53. The first-order valence-electron chi connectivity index (χ1n) is 7.63. The Balaban J connectivity index is 2.01. The summed E-state index contributed by atoms with van der Waals surface area (Å²) < 4.78 is 4.93. The Morgan fingerprint density at radius 3 is 2.78 bits per heavy atom. The lowest BCUT2D eigenvalue weighted by Crippen LogP contribution is -2.39. The highest BCUT2D eigenvalue weighted by Crippen LogP contribution is 2.22. The van der Waals surface area contributed by atoms with Crippen LogP contribution in [-0.2, 0) is 9.53 Å². The van der Waals surface area contributed by atoms with E-state index >= 15 is 0 Å². The molecule has 1 aromatic carbocycles. The molecule has 6 nitrogen and oxygen atoms in total. The Bertz CT molecular complexity index is 693. The van der Waals surface area contributed by atoms with Gasteiger partial charge in [-0.05, 0) is 19.4 Å². The van der Waals surface area contributed by atoms with E-state index in [0.717, 1.165) is 23.0 Å². The van der Waals surface area contributed by atoms with E-state index in [1.807, 2.05) is 31.2 Å². The Kier molecular flexibility index (Phi) is 5.76. The number of ether oxygens (including phenoxy) is 1. The highest BCUT2D eigenvalue weighted by molar-refractivity contribution is 6.08. The number of para-hydroxylation sites is 1. The van der Waals surface area contributed by atoms with E-state index in [-0.39, 0.29) is 18.4 Å². The number of hydrogen-bond donors (Lipinski definition) is 2. The largest absolute Gasteiger partial charge is 0.385 e. The smallest absolute Gasteiger partial charge is 0.256 e. The van der Waals surface area contributed by atoms with E-state index in [2.05, 4.69) is 10.3 Å². The third kappa shape index (κ3) is 4.10. The number of rotatable bonds is 7. The van der Waals surface area contributed by atoms with Crippen molar-refractivity contribution in [3.8, 4) is 0 Å². The van der Waals surface area contributed by atoms with Gasteiger partial charge in [-0.2, -0.15) is 0 Å². The molecule has 1 aromatic heterocycles. The normalized spacial score (nSPS) is 10.7. The van der Waals surface area contributed by atoms with Crippen LogP contribution in [0.2, 0.25) is 0 Å². The third-order valence-electron chi connectivity index (χ3n) is 3.68. The molecule has 23 heavy (non-hydrogen) atoms. The van der Waals surface area contributed by atoms with Gasteiger partial charge < -0.3 is 19.9 Å². The minimum Gasteiger partial charge on any atom is -0.385 e. The highest BCUT2D eigenvalue weighted by atomic mass is 16.5. The van der Waals surface area contributed by atoms with Crippen LogP contribution in [0.5, 0.6) is 0 Å². The molecule has 2 N–H and O–H groups in total. The average Bonchev–Trinajstić information content (AvgIpc) is 2.86. The predicted octanol–water partition coefficient (Wildman–Crippen LogP) is 1.70. The van der Waals surface area contributed by atoms with Crippen molar-refractivity contribution in [2.45, 2.75) is 13.3 Å². The second-order valence-corrected chi connectivity index (χ2v) is 5.53. The summed E-state index contributed by atoms with van der Waals surface area (Å²) in [6.07, 6.45) is 0.751. The molecule has 0 saturated heterocycles. The van der Waals surface area contributed by atoms with Crippen molar-refractivity contribution in [2.24, 2.45) is 0 Å². The van der Waals surface area contributed by atoms with Gasteiger partial charge in [0.2, 0.25) is 5.91 Å². The molecule has 2 rings (SSSR count). The number of carbonyl (C=O) groups is 2. The summed E-state index contributed by atoms with van der Waals surface area (Å²) in [4.78, 5) is 29.2. The van der Waals surface area contributed by atoms with Gasteiger partial charge in [-0.25, -0.2) is 0 Å². The van der Waals surface area contributed by atoms with Crippen molar-refractivity contribution in [3.63, 3.8) is 0 Å². The quantitative estimate of drug-likeness (QED) is 0.763. The minimum atomic E-state index is -0.172. The number of benzene rings is 1. The number of amides is 2. The van der Waals surface area contributed by atoms with Crippen LogP contribution in [0.15, 0.2) is 24.3 Å². The highest BCUT2D eigenvalue weighted by Gasteiger charge is 2.20. The molecule has 0 saturated carbocycles. The van der Waals surface area contributed by atoms with Crippen molar-refractivity contribution in [2.75, 3.05) is 33.9 Å². The number of likely N-dealkylation sites (N-methyl/N-ethyl adjacent to an activating group) is 1. The van der Waals surface area contributed by atoms with E-state index in [4.69, 9.17) is 4.74 Å². The molecule has 0 aliphatic rings. The van der Waals surface area contributed by atoms with Gasteiger partial charge in [-0.1, -0.05) is 18.2 Å². The summed E-state index contributed by atoms with van der Waals surface area (Å²) in [5, 5.41) is 3.66. The molecule has 6 heteroatoms. The third-order valence-corrected chi connectivity index (χ3v) is 3.68. The summed E-state index contributed by atoms with van der Waals surface area (Å²) in [6, 6.07) is 7.66. The topological polar surface area (TPSA) is 74.4 Å². The van der Waals surface area contributed by atoms with Gasteiger partial charge >= 0.3 is 0 Å². The number of hydrogen-bond acceptors (Lipinski definition) is 3. The number of nitrogens with one attached hydrogen (secondary N) is 2. The lowest BCUT2D eigenvalue weighted by molar-refractivity contribution is -0.121. The number of methoxy groups -OCH3 is 1. The first-order valence-corrected chi connectivity index (χ1v) is 7.63. The first-order chi connectivity index (χ1) is 11.0. The van der Waals surface area contributed by atoms with Gasteiger partial charge in [0.25, 0.3) is 5.91 Å². The molecule has 0 bridgehead atoms. The van der Waals surface area contributed by atoms with Crippen molar-refractivity contribution in [1.29, 1.82) is 0 Å². The Morgan fingerprint density at radius 2 is 2.04 bits per heavy atom. The Hall–Kier alpha value is -2.34. The SMILES string of the molecule is COCCCNC(=O)CN(C)C(=O)c1c(C)[nH]c2ccccc12. The van der Waals surface area contributed by atoms with E-state index in [1.54, 1.807) is 14.2 Å². The standard InChI is InChI=1S/C17H23N3O3/c1-12-16(13-7-4-5-8-14(13)19-12)17(22)20(2)11-15(21)18-9-6-10-23-3/h4-5,7-8,19H,6,9-11H2,1-3H3,(H,18,21). The van der Waals surface area contributed by atoms with Gasteiger partial charge in [-0.15, -0.1) is 0 Å². The summed E-state index contributed by atoms with van der Waals surface area (Å²) in [6.45, 7) is 3.04. The van der Waals surface area contributed by atoms with Crippen LogP contribution >= 0.6 is 0 Å². The summed E-state index contributed by atoms with van der Waals surface area (Å²) in [7, 11) is 3.26. The van der Waals surface area contributed by atoms with Gasteiger partial charge in [0.15, 0.2) is 0 Å². The zero-order valence-electron chi connectivity index (χ0n) is 13.8. The van der Waals surface area contributed by atoms with E-state index in [0.29, 0.717) is 18.7 Å². The van der Waals surface area contributed by atoms with Crippen LogP contribution in [0.3, 0.4) is 0 Å². The average molecular weight is 317 g/mol. The van der Waals surface area contributed by atoms with Crippen molar-refractivity contribution in [1.82, 2.24) is 15.2 Å². The maximum Gasteiger partial charge on any atom is 0.256 e. The second-order valence-electron chi connectivity index (χ2n) is 5.53. The number of H-pyrrole nitrogens is 1. The fourth-order valence-corrected chi connectivity index (χ4v) is 2.53. The van der Waals surface area contributed by atoms with E-state index in [9.17, 15) is 9.59 Å². The number of aromatic nitrogens is 1. The van der Waals surface area contributed by atoms with Crippen LogP contribution < -0.4 is 5.32 Å². The molecule has 0 spiro atoms. The number of fused-ring (bicyclic) bond motifs is 1. The number of aromatic amines is 1. The lowest BCUT2D eigenvalue weighted by atomic mass is 10.1. The van der Waals surface area contributed by atoms with Gasteiger partial charge in [0.05, 0.1) is 12.1 Å². The number of carbonyl (C=O) groups excluding carboxylic acids is 2. The van der Waals surface area contributed by atoms with Gasteiger partial charge in [0, 0.05) is 43.9 Å². The molecular formula is C17H23N3O3. The van der Waals surface area contributed by atoms with Crippen LogP contribution in [0.25, 0.3) is 10.9 Å². The molecule has 124 valence electrons. The van der Waals surface area contributed by atoms with Crippen molar-refractivity contribution >= 4 is 22.7 Å². The first kappa shape index (κ1) is 17.0. The predicted molar refractivity (Wildman–Crippen MR) is 89.5 cm³/mol. The maximum absolute atomic E-state index is 12.7. The van der Waals surface area contributed by atoms with Crippen molar-refractivity contribution < 1.29 is 14.3 Å².